The van der Waals surface area contributed by atoms with Crippen molar-refractivity contribution >= 4 is 22.4 Å². The smallest absolute Gasteiger partial charge is 0.243 e. The molecule has 0 bridgehead atoms. The van der Waals surface area contributed by atoms with Gasteiger partial charge in [0.1, 0.15) is 0 Å². The van der Waals surface area contributed by atoms with Gasteiger partial charge in [-0.2, -0.15) is 0 Å². The highest BCUT2D eigenvalue weighted by molar-refractivity contribution is 7.14. The first-order chi connectivity index (χ1) is 10.5. The van der Waals surface area contributed by atoms with Crippen LogP contribution in [-0.2, 0) is 4.79 Å². The first-order valence-electron chi connectivity index (χ1n) is 7.28. The summed E-state index contributed by atoms with van der Waals surface area (Å²) in [7, 11) is 0. The molecule has 22 heavy (non-hydrogen) atoms. The van der Waals surface area contributed by atoms with Crippen molar-refractivity contribution in [3.05, 3.63) is 34.7 Å². The van der Waals surface area contributed by atoms with Gasteiger partial charge in [0.05, 0.1) is 17.8 Å². The van der Waals surface area contributed by atoms with E-state index in [9.17, 15) is 9.90 Å². The Morgan fingerprint density at radius 2 is 2.27 bits per heavy atom. The van der Waals surface area contributed by atoms with E-state index in [1.807, 2.05) is 5.38 Å². The number of amides is 1. The molecule has 2 heterocycles. The molecule has 5 nitrogen and oxygen atoms in total. The highest BCUT2D eigenvalue weighted by Crippen LogP contribution is 2.28. The molecule has 0 unspecified atom stereocenters. The first kappa shape index (κ1) is 15.1. The zero-order valence-corrected chi connectivity index (χ0v) is 13.4. The number of rotatable bonds is 3. The number of benzene rings is 1. The van der Waals surface area contributed by atoms with Crippen molar-refractivity contribution in [1.29, 1.82) is 0 Å². The molecule has 0 spiro atoms. The highest BCUT2D eigenvalue weighted by atomic mass is 32.1. The van der Waals surface area contributed by atoms with Crippen molar-refractivity contribution < 1.29 is 9.90 Å². The maximum atomic E-state index is 12.1. The fraction of sp³-hybridized carbons (Fsp3) is 0.375. The summed E-state index contributed by atoms with van der Waals surface area (Å²) in [6.45, 7) is 4.58. The van der Waals surface area contributed by atoms with E-state index in [0.717, 1.165) is 11.3 Å². The van der Waals surface area contributed by atoms with Crippen LogP contribution in [-0.4, -0.2) is 34.7 Å². The van der Waals surface area contributed by atoms with Crippen LogP contribution < -0.4 is 10.6 Å². The number of hydrogen-bond acceptors (Lipinski definition) is 5. The van der Waals surface area contributed by atoms with Gasteiger partial charge in [0.2, 0.25) is 5.91 Å². The number of thiazole rings is 1. The lowest BCUT2D eigenvalue weighted by Gasteiger charge is -2.08. The van der Waals surface area contributed by atoms with Gasteiger partial charge in [-0.3, -0.25) is 4.79 Å². The Morgan fingerprint density at radius 1 is 1.45 bits per heavy atom. The molecule has 1 aliphatic rings. The number of nitrogens with zero attached hydrogens (tertiary/aromatic N) is 1. The second-order valence-electron chi connectivity index (χ2n) is 5.70. The Bertz CT molecular complexity index is 698. The lowest BCUT2D eigenvalue weighted by Crippen LogP contribution is -2.35. The number of carbonyl (C=O) groups excluding carboxylic acids is 1. The van der Waals surface area contributed by atoms with Crippen molar-refractivity contribution in [1.82, 2.24) is 10.3 Å². The summed E-state index contributed by atoms with van der Waals surface area (Å²) < 4.78 is 0. The molecule has 1 fully saturated rings. The molecule has 116 valence electrons. The third-order valence-electron chi connectivity index (χ3n) is 3.82. The van der Waals surface area contributed by atoms with E-state index in [1.54, 1.807) is 0 Å². The number of β-amino-alcohol motifs (C(OH)–C–C–N with tert-alkyl or cyclic N) is 1. The number of carbonyl (C=O) groups is 1. The zero-order chi connectivity index (χ0) is 15.7. The normalized spacial score (nSPS) is 21.0. The summed E-state index contributed by atoms with van der Waals surface area (Å²) >= 11 is 1.41. The van der Waals surface area contributed by atoms with Crippen molar-refractivity contribution in [3.8, 4) is 11.3 Å². The minimum Gasteiger partial charge on any atom is -0.392 e. The van der Waals surface area contributed by atoms with Crippen LogP contribution in [0.2, 0.25) is 0 Å². The summed E-state index contributed by atoms with van der Waals surface area (Å²) in [5, 5.41) is 17.8. The Balaban J connectivity index is 1.72. The van der Waals surface area contributed by atoms with Crippen LogP contribution in [0.3, 0.4) is 0 Å². The van der Waals surface area contributed by atoms with E-state index in [1.165, 1.54) is 22.5 Å². The third-order valence-corrected chi connectivity index (χ3v) is 4.57. The SMILES string of the molecule is Cc1ccc(-c2csc(NC(=O)[C@H]3C[C@H](O)CN3)n2)c(C)c1. The van der Waals surface area contributed by atoms with E-state index in [2.05, 4.69) is 47.7 Å². The molecular weight excluding hydrogens is 298 g/mol. The zero-order valence-electron chi connectivity index (χ0n) is 12.6. The standard InChI is InChI=1S/C16H19N3O2S/c1-9-3-4-12(10(2)5-9)14-8-22-16(18-14)19-15(21)13-6-11(20)7-17-13/h3-5,8,11,13,17,20H,6-7H2,1-2H3,(H,18,19,21)/t11-,13+/m0/s1. The minimum absolute atomic E-state index is 0.141. The van der Waals surface area contributed by atoms with Crippen LogP contribution >= 0.6 is 11.3 Å². The lowest BCUT2D eigenvalue weighted by atomic mass is 10.0. The van der Waals surface area contributed by atoms with Crippen LogP contribution in [0, 0.1) is 13.8 Å². The molecule has 1 aromatic heterocycles. The van der Waals surface area contributed by atoms with E-state index in [-0.39, 0.29) is 11.9 Å². The quantitative estimate of drug-likeness (QED) is 0.810. The Labute approximate surface area is 133 Å². The van der Waals surface area contributed by atoms with Crippen LogP contribution in [0.4, 0.5) is 5.13 Å². The van der Waals surface area contributed by atoms with Gasteiger partial charge < -0.3 is 15.7 Å². The number of anilines is 1. The molecule has 0 radical (unpaired) electrons. The van der Waals surface area contributed by atoms with Crippen LogP contribution in [0.5, 0.6) is 0 Å². The fourth-order valence-corrected chi connectivity index (χ4v) is 3.38. The first-order valence-corrected chi connectivity index (χ1v) is 8.16. The highest BCUT2D eigenvalue weighted by Gasteiger charge is 2.28. The molecule has 1 aliphatic heterocycles. The number of nitrogens with one attached hydrogen (secondary N) is 2. The van der Waals surface area contributed by atoms with Gasteiger partial charge in [-0.1, -0.05) is 23.8 Å². The van der Waals surface area contributed by atoms with Gasteiger partial charge in [-0.05, 0) is 25.8 Å². The molecule has 3 N–H and O–H groups in total. The van der Waals surface area contributed by atoms with Gasteiger partial charge in [-0.25, -0.2) is 4.98 Å². The van der Waals surface area contributed by atoms with Crippen LogP contribution in [0.15, 0.2) is 23.6 Å². The molecule has 1 saturated heterocycles. The summed E-state index contributed by atoms with van der Waals surface area (Å²) in [5.74, 6) is -0.141. The predicted molar refractivity (Wildman–Crippen MR) is 88.1 cm³/mol. The summed E-state index contributed by atoms with van der Waals surface area (Å²) in [6, 6.07) is 5.89. The molecule has 2 aromatic rings. The van der Waals surface area contributed by atoms with E-state index >= 15 is 0 Å². The van der Waals surface area contributed by atoms with Gasteiger partial charge in [0.25, 0.3) is 0 Å². The van der Waals surface area contributed by atoms with Gasteiger partial charge in [0, 0.05) is 17.5 Å². The largest absolute Gasteiger partial charge is 0.392 e. The monoisotopic (exact) mass is 317 g/mol. The summed E-state index contributed by atoms with van der Waals surface area (Å²) in [4.78, 5) is 16.6. The van der Waals surface area contributed by atoms with Crippen molar-refractivity contribution in [2.45, 2.75) is 32.4 Å². The number of hydrogen-bond donors (Lipinski definition) is 3. The maximum absolute atomic E-state index is 12.1. The number of aryl methyl sites for hydroxylation is 2. The average Bonchev–Trinajstić information content (AvgIpc) is 3.08. The van der Waals surface area contributed by atoms with Crippen molar-refractivity contribution in [2.75, 3.05) is 11.9 Å². The number of aliphatic hydroxyl groups excluding tert-OH is 1. The number of aromatic nitrogens is 1. The van der Waals surface area contributed by atoms with Crippen molar-refractivity contribution in [3.63, 3.8) is 0 Å². The van der Waals surface area contributed by atoms with Crippen LogP contribution in [0.1, 0.15) is 17.5 Å². The van der Waals surface area contributed by atoms with Gasteiger partial charge >= 0.3 is 0 Å². The van der Waals surface area contributed by atoms with E-state index in [0.29, 0.717) is 18.1 Å². The fourth-order valence-electron chi connectivity index (χ4n) is 2.67. The average molecular weight is 317 g/mol. The molecule has 1 aromatic carbocycles. The number of aliphatic hydroxyl groups is 1. The van der Waals surface area contributed by atoms with Crippen LogP contribution in [0.25, 0.3) is 11.3 Å². The van der Waals surface area contributed by atoms with Crippen molar-refractivity contribution in [2.24, 2.45) is 0 Å². The lowest BCUT2D eigenvalue weighted by molar-refractivity contribution is -0.117. The van der Waals surface area contributed by atoms with Gasteiger partial charge in [0.15, 0.2) is 5.13 Å². The molecule has 0 aliphatic carbocycles. The molecule has 2 atom stereocenters. The molecule has 3 rings (SSSR count). The molecule has 1 amide bonds. The second kappa shape index (κ2) is 6.16. The Hall–Kier alpha value is -1.76. The summed E-state index contributed by atoms with van der Waals surface area (Å²) in [6.07, 6.45) is -0.000897. The molecule has 0 saturated carbocycles. The Kier molecular flexibility index (Phi) is 4.24. The second-order valence-corrected chi connectivity index (χ2v) is 6.55. The van der Waals surface area contributed by atoms with Gasteiger partial charge in [-0.15, -0.1) is 11.3 Å². The topological polar surface area (TPSA) is 74.2 Å². The Morgan fingerprint density at radius 3 is 2.95 bits per heavy atom. The van der Waals surface area contributed by atoms with E-state index < -0.39 is 6.10 Å². The minimum atomic E-state index is -0.446. The summed E-state index contributed by atoms with van der Waals surface area (Å²) in [5.41, 5.74) is 4.34. The maximum Gasteiger partial charge on any atom is 0.243 e. The van der Waals surface area contributed by atoms with E-state index in [4.69, 9.17) is 0 Å². The third kappa shape index (κ3) is 3.19. The predicted octanol–water partition coefficient (Wildman–Crippen LogP) is 2.09. The molecule has 6 heteroatoms. The molecular formula is C16H19N3O2S.